The summed E-state index contributed by atoms with van der Waals surface area (Å²) in [6, 6.07) is 9.88. The van der Waals surface area contributed by atoms with Crippen LogP contribution < -0.4 is 5.32 Å². The number of nitrogens with zero attached hydrogens (tertiary/aromatic N) is 1. The summed E-state index contributed by atoms with van der Waals surface area (Å²) in [5.41, 5.74) is 1.30. The monoisotopic (exact) mass is 440 g/mol. The molecule has 2 unspecified atom stereocenters. The molecule has 1 aromatic carbocycles. The van der Waals surface area contributed by atoms with Gasteiger partial charge in [-0.2, -0.15) is 0 Å². The Labute approximate surface area is 180 Å². The molecular formula is C23H24N2O5S. The third-order valence-electron chi connectivity index (χ3n) is 5.88. The molecule has 0 radical (unpaired) electrons. The van der Waals surface area contributed by atoms with Gasteiger partial charge in [0.2, 0.25) is 0 Å². The number of Topliss-reactive ketones (excluding diaryl/α,β-unsaturated/α-hetero) is 1. The van der Waals surface area contributed by atoms with Crippen LogP contribution in [0.4, 0.5) is 0 Å². The topological polar surface area (TPSA) is 106 Å². The van der Waals surface area contributed by atoms with Gasteiger partial charge in [0.1, 0.15) is 5.78 Å². The van der Waals surface area contributed by atoms with Gasteiger partial charge in [0, 0.05) is 24.0 Å². The Bertz CT molecular complexity index is 1180. The molecule has 2 atom stereocenters. The Kier molecular flexibility index (Phi) is 5.91. The van der Waals surface area contributed by atoms with Crippen molar-refractivity contribution in [3.63, 3.8) is 0 Å². The Balaban J connectivity index is 1.44. The minimum absolute atomic E-state index is 0.0611. The predicted octanol–water partition coefficient (Wildman–Crippen LogP) is 3.68. The van der Waals surface area contributed by atoms with Crippen molar-refractivity contribution >= 4 is 32.5 Å². The summed E-state index contributed by atoms with van der Waals surface area (Å²) in [6.45, 7) is 1.71. The number of hydrogen-bond acceptors (Lipinski definition) is 6. The fourth-order valence-electron chi connectivity index (χ4n) is 4.17. The van der Waals surface area contributed by atoms with Gasteiger partial charge in [0.25, 0.3) is 5.91 Å². The third-order valence-corrected chi connectivity index (χ3v) is 8.17. The maximum atomic E-state index is 13.1. The van der Waals surface area contributed by atoms with E-state index < -0.39 is 21.0 Å². The number of pyridine rings is 1. The van der Waals surface area contributed by atoms with Gasteiger partial charge in [0.05, 0.1) is 16.3 Å². The fourth-order valence-corrected chi connectivity index (χ4v) is 6.27. The van der Waals surface area contributed by atoms with Crippen LogP contribution >= 0.6 is 0 Å². The molecule has 0 bridgehead atoms. The summed E-state index contributed by atoms with van der Waals surface area (Å²) < 4.78 is 31.7. The SMILES string of the molecule is CC(=O)C1CCCCC1S(=O)(=O)c1ccc(CNC(=O)c2cc3ccncc3o2)cc1. The number of aromatic nitrogens is 1. The van der Waals surface area contributed by atoms with Crippen molar-refractivity contribution in [1.82, 2.24) is 10.3 Å². The summed E-state index contributed by atoms with van der Waals surface area (Å²) in [5.74, 6) is -0.667. The molecule has 31 heavy (non-hydrogen) atoms. The first-order valence-electron chi connectivity index (χ1n) is 10.3. The molecule has 162 valence electrons. The number of hydrogen-bond donors (Lipinski definition) is 1. The molecule has 0 aliphatic heterocycles. The van der Waals surface area contributed by atoms with Gasteiger partial charge in [0.15, 0.2) is 21.2 Å². The number of carbonyl (C=O) groups excluding carboxylic acids is 2. The molecule has 0 saturated heterocycles. The molecule has 2 aromatic heterocycles. The van der Waals surface area contributed by atoms with Crippen molar-refractivity contribution < 1.29 is 22.4 Å². The van der Waals surface area contributed by atoms with Crippen molar-refractivity contribution in [3.05, 3.63) is 60.1 Å². The second kappa shape index (κ2) is 8.63. The molecule has 1 amide bonds. The first-order chi connectivity index (χ1) is 14.9. The quantitative estimate of drug-likeness (QED) is 0.627. The van der Waals surface area contributed by atoms with E-state index in [1.165, 1.54) is 6.92 Å². The van der Waals surface area contributed by atoms with Crippen molar-refractivity contribution in [2.24, 2.45) is 5.92 Å². The summed E-state index contributed by atoms with van der Waals surface area (Å²) in [5, 5.41) is 2.91. The first-order valence-corrected chi connectivity index (χ1v) is 11.9. The highest BCUT2D eigenvalue weighted by Crippen LogP contribution is 2.33. The smallest absolute Gasteiger partial charge is 0.287 e. The number of benzene rings is 1. The molecule has 1 aliphatic rings. The largest absolute Gasteiger partial charge is 0.449 e. The van der Waals surface area contributed by atoms with Gasteiger partial charge < -0.3 is 9.73 Å². The highest BCUT2D eigenvalue weighted by atomic mass is 32.2. The van der Waals surface area contributed by atoms with Crippen LogP contribution in [0.25, 0.3) is 11.0 Å². The minimum atomic E-state index is -3.59. The highest BCUT2D eigenvalue weighted by Gasteiger charge is 2.38. The van der Waals surface area contributed by atoms with Gasteiger partial charge >= 0.3 is 0 Å². The van der Waals surface area contributed by atoms with E-state index in [4.69, 9.17) is 4.42 Å². The first kappa shape index (κ1) is 21.2. The van der Waals surface area contributed by atoms with E-state index in [2.05, 4.69) is 10.3 Å². The molecule has 1 saturated carbocycles. The predicted molar refractivity (Wildman–Crippen MR) is 115 cm³/mol. The second-order valence-electron chi connectivity index (χ2n) is 7.94. The molecule has 1 N–H and O–H groups in total. The lowest BCUT2D eigenvalue weighted by atomic mass is 9.86. The van der Waals surface area contributed by atoms with E-state index in [1.54, 1.807) is 48.8 Å². The normalized spacial score (nSPS) is 19.3. The molecule has 1 aliphatic carbocycles. The number of sulfone groups is 1. The zero-order valence-corrected chi connectivity index (χ0v) is 18.0. The van der Waals surface area contributed by atoms with E-state index in [1.807, 2.05) is 0 Å². The van der Waals surface area contributed by atoms with Crippen LogP contribution in [0.3, 0.4) is 0 Å². The lowest BCUT2D eigenvalue weighted by Gasteiger charge is -2.29. The number of fused-ring (bicyclic) bond motifs is 1. The summed E-state index contributed by atoms with van der Waals surface area (Å²) in [4.78, 5) is 28.5. The van der Waals surface area contributed by atoms with Crippen molar-refractivity contribution in [1.29, 1.82) is 0 Å². The Hall–Kier alpha value is -3.00. The van der Waals surface area contributed by atoms with Crippen molar-refractivity contribution in [2.75, 3.05) is 0 Å². The molecule has 3 aromatic rings. The number of carbonyl (C=O) groups is 2. The van der Waals surface area contributed by atoms with Gasteiger partial charge in [-0.1, -0.05) is 25.0 Å². The lowest BCUT2D eigenvalue weighted by Crippen LogP contribution is -2.36. The lowest BCUT2D eigenvalue weighted by molar-refractivity contribution is -0.121. The van der Waals surface area contributed by atoms with E-state index in [0.717, 1.165) is 23.8 Å². The Morgan fingerprint density at radius 2 is 1.87 bits per heavy atom. The van der Waals surface area contributed by atoms with Crippen LogP contribution in [0.1, 0.15) is 48.7 Å². The number of amides is 1. The maximum Gasteiger partial charge on any atom is 0.287 e. The average Bonchev–Trinajstić information content (AvgIpc) is 3.22. The van der Waals surface area contributed by atoms with Crippen LogP contribution in [-0.2, 0) is 21.2 Å². The van der Waals surface area contributed by atoms with Crippen molar-refractivity contribution in [3.8, 4) is 0 Å². The van der Waals surface area contributed by atoms with E-state index in [0.29, 0.717) is 18.4 Å². The molecular weight excluding hydrogens is 416 g/mol. The molecule has 4 rings (SSSR count). The fraction of sp³-hybridized carbons (Fsp3) is 0.348. The van der Waals surface area contributed by atoms with E-state index in [-0.39, 0.29) is 28.9 Å². The summed E-state index contributed by atoms with van der Waals surface area (Å²) >= 11 is 0. The highest BCUT2D eigenvalue weighted by molar-refractivity contribution is 7.92. The minimum Gasteiger partial charge on any atom is -0.449 e. The Morgan fingerprint density at radius 3 is 2.58 bits per heavy atom. The van der Waals surface area contributed by atoms with Gasteiger partial charge in [-0.15, -0.1) is 0 Å². The maximum absolute atomic E-state index is 13.1. The van der Waals surface area contributed by atoms with Crippen molar-refractivity contribution in [2.45, 2.75) is 49.3 Å². The number of nitrogens with one attached hydrogen (secondary N) is 1. The number of ketones is 1. The zero-order chi connectivity index (χ0) is 22.0. The molecule has 2 heterocycles. The van der Waals surface area contributed by atoms with Crippen LogP contribution in [0.5, 0.6) is 0 Å². The van der Waals surface area contributed by atoms with Crippen LogP contribution in [0.2, 0.25) is 0 Å². The number of furan rings is 1. The Morgan fingerprint density at radius 1 is 1.13 bits per heavy atom. The third kappa shape index (κ3) is 4.39. The average molecular weight is 441 g/mol. The van der Waals surface area contributed by atoms with Crippen LogP contribution in [0, 0.1) is 5.92 Å². The van der Waals surface area contributed by atoms with E-state index in [9.17, 15) is 18.0 Å². The molecule has 8 heteroatoms. The standard InChI is InChI=1S/C23H24N2O5S/c1-15(26)19-4-2-3-5-22(19)31(28,29)18-8-6-16(7-9-18)13-25-23(27)20-12-17-10-11-24-14-21(17)30-20/h6-12,14,19,22H,2-5,13H2,1H3,(H,25,27). The van der Waals surface area contributed by atoms with Gasteiger partial charge in [-0.25, -0.2) is 8.42 Å². The van der Waals surface area contributed by atoms with Crippen LogP contribution in [0.15, 0.2) is 58.1 Å². The van der Waals surface area contributed by atoms with Gasteiger partial charge in [-0.05, 0) is 49.6 Å². The number of rotatable bonds is 6. The van der Waals surface area contributed by atoms with Gasteiger partial charge in [-0.3, -0.25) is 14.6 Å². The van der Waals surface area contributed by atoms with Crippen LogP contribution in [-0.4, -0.2) is 30.3 Å². The molecule has 0 spiro atoms. The summed E-state index contributed by atoms with van der Waals surface area (Å²) in [7, 11) is -3.59. The molecule has 1 fully saturated rings. The molecule has 7 nitrogen and oxygen atoms in total. The second-order valence-corrected chi connectivity index (χ2v) is 10.1. The van der Waals surface area contributed by atoms with E-state index >= 15 is 0 Å². The zero-order valence-electron chi connectivity index (χ0n) is 17.2. The summed E-state index contributed by atoms with van der Waals surface area (Å²) in [6.07, 6.45) is 6.01.